The molecular formula is C13H19N3. The zero-order valence-electron chi connectivity index (χ0n) is 9.60. The van der Waals surface area contributed by atoms with Crippen LogP contribution in [0.15, 0.2) is 24.7 Å². The molecule has 1 saturated heterocycles. The number of nitrogens with zero attached hydrogens (tertiary/aromatic N) is 2. The maximum Gasteiger partial charge on any atom is 0.0951 e. The topological polar surface area (TPSA) is 29.9 Å². The van der Waals surface area contributed by atoms with Gasteiger partial charge in [-0.2, -0.15) is 0 Å². The third-order valence-electron chi connectivity index (χ3n) is 3.75. The fraction of sp³-hybridized carbons (Fsp3) is 0.615. The van der Waals surface area contributed by atoms with Gasteiger partial charge >= 0.3 is 0 Å². The van der Waals surface area contributed by atoms with Gasteiger partial charge in [-0.25, -0.2) is 4.98 Å². The molecule has 3 rings (SSSR count). The van der Waals surface area contributed by atoms with Crippen LogP contribution in [0.25, 0.3) is 0 Å². The van der Waals surface area contributed by atoms with Crippen LogP contribution < -0.4 is 5.32 Å². The van der Waals surface area contributed by atoms with E-state index in [0.717, 1.165) is 13.0 Å². The van der Waals surface area contributed by atoms with E-state index in [1.807, 2.05) is 12.5 Å². The summed E-state index contributed by atoms with van der Waals surface area (Å²) in [6.45, 7) is 1.15. The molecule has 1 aromatic rings. The van der Waals surface area contributed by atoms with E-state index in [1.54, 1.807) is 0 Å². The van der Waals surface area contributed by atoms with Crippen LogP contribution in [-0.4, -0.2) is 16.1 Å². The van der Waals surface area contributed by atoms with E-state index in [9.17, 15) is 0 Å². The molecule has 0 saturated carbocycles. The summed E-state index contributed by atoms with van der Waals surface area (Å²) >= 11 is 0. The summed E-state index contributed by atoms with van der Waals surface area (Å²) in [6, 6.07) is 1.17. The molecule has 0 bridgehead atoms. The molecular weight excluding hydrogens is 198 g/mol. The molecule has 3 heteroatoms. The summed E-state index contributed by atoms with van der Waals surface area (Å²) in [5.41, 5.74) is 1.39. The molecule has 0 spiro atoms. The van der Waals surface area contributed by atoms with Crippen molar-refractivity contribution in [3.63, 3.8) is 0 Å². The third-order valence-corrected chi connectivity index (χ3v) is 3.75. The Labute approximate surface area is 96.6 Å². The second-order valence-corrected chi connectivity index (χ2v) is 4.81. The molecule has 16 heavy (non-hydrogen) atoms. The minimum atomic E-state index is 0.536. The number of hydrogen-bond acceptors (Lipinski definition) is 2. The smallest absolute Gasteiger partial charge is 0.0951 e. The highest BCUT2D eigenvalue weighted by Gasteiger charge is 2.23. The third kappa shape index (κ3) is 1.80. The van der Waals surface area contributed by atoms with Gasteiger partial charge in [0.1, 0.15) is 0 Å². The van der Waals surface area contributed by atoms with Crippen molar-refractivity contribution in [2.45, 2.75) is 44.2 Å². The van der Waals surface area contributed by atoms with Gasteiger partial charge in [0.25, 0.3) is 0 Å². The maximum atomic E-state index is 4.34. The Bertz CT molecular complexity index is 374. The number of aromatic nitrogens is 2. The lowest BCUT2D eigenvalue weighted by Crippen LogP contribution is -2.20. The summed E-state index contributed by atoms with van der Waals surface area (Å²) < 4.78 is 2.40. The first-order valence-corrected chi connectivity index (χ1v) is 6.35. The number of imidazole rings is 1. The predicted molar refractivity (Wildman–Crippen MR) is 64.2 cm³/mol. The standard InChI is InChI=1S/C13H19N3/c1-2-5-11(6-3-1)16-10-14-9-13(16)12-7-4-8-15-12/h1-2,9-12,15H,3-8H2/t11?,12-/m0/s1. The van der Waals surface area contributed by atoms with Crippen LogP contribution >= 0.6 is 0 Å². The molecule has 86 valence electrons. The highest BCUT2D eigenvalue weighted by Crippen LogP contribution is 2.29. The Kier molecular flexibility index (Phi) is 2.79. The van der Waals surface area contributed by atoms with Gasteiger partial charge in [0.2, 0.25) is 0 Å². The van der Waals surface area contributed by atoms with Crippen LogP contribution in [0.3, 0.4) is 0 Å². The van der Waals surface area contributed by atoms with Gasteiger partial charge in [-0.1, -0.05) is 12.2 Å². The van der Waals surface area contributed by atoms with E-state index in [2.05, 4.69) is 27.0 Å². The molecule has 0 radical (unpaired) electrons. The maximum absolute atomic E-state index is 4.34. The van der Waals surface area contributed by atoms with Gasteiger partial charge in [0.15, 0.2) is 0 Å². The normalized spacial score (nSPS) is 29.8. The van der Waals surface area contributed by atoms with E-state index in [4.69, 9.17) is 0 Å². The minimum Gasteiger partial charge on any atom is -0.330 e. The van der Waals surface area contributed by atoms with Crippen LogP contribution in [0.1, 0.15) is 49.9 Å². The molecule has 1 aliphatic heterocycles. The molecule has 2 atom stereocenters. The van der Waals surface area contributed by atoms with Gasteiger partial charge in [0.05, 0.1) is 12.0 Å². The fourth-order valence-electron chi connectivity index (χ4n) is 2.86. The Morgan fingerprint density at radius 1 is 1.31 bits per heavy atom. The van der Waals surface area contributed by atoms with Crippen LogP contribution in [0.4, 0.5) is 0 Å². The number of nitrogens with one attached hydrogen (secondary N) is 1. The van der Waals surface area contributed by atoms with Crippen molar-refractivity contribution in [1.29, 1.82) is 0 Å². The molecule has 2 heterocycles. The Balaban J connectivity index is 1.83. The van der Waals surface area contributed by atoms with Gasteiger partial charge in [-0.3, -0.25) is 0 Å². The van der Waals surface area contributed by atoms with Gasteiger partial charge in [0, 0.05) is 18.3 Å². The van der Waals surface area contributed by atoms with Crippen molar-refractivity contribution >= 4 is 0 Å². The number of rotatable bonds is 2. The van der Waals surface area contributed by atoms with E-state index in [-0.39, 0.29) is 0 Å². The molecule has 2 aliphatic rings. The molecule has 1 fully saturated rings. The lowest BCUT2D eigenvalue weighted by atomic mass is 10.0. The second kappa shape index (κ2) is 4.42. The molecule has 1 aliphatic carbocycles. The molecule has 0 amide bonds. The summed E-state index contributed by atoms with van der Waals surface area (Å²) in [6.07, 6.45) is 14.8. The highest BCUT2D eigenvalue weighted by molar-refractivity contribution is 5.10. The zero-order valence-corrected chi connectivity index (χ0v) is 9.60. The molecule has 1 N–H and O–H groups in total. The SMILES string of the molecule is C1=CCC(n2cncc2[C@@H]2CCCN2)CC1. The average Bonchev–Trinajstić information content (AvgIpc) is 3.01. The summed E-state index contributed by atoms with van der Waals surface area (Å²) in [7, 11) is 0. The zero-order chi connectivity index (χ0) is 10.8. The molecule has 3 nitrogen and oxygen atoms in total. The van der Waals surface area contributed by atoms with E-state index in [1.165, 1.54) is 31.4 Å². The fourth-order valence-corrected chi connectivity index (χ4v) is 2.86. The molecule has 0 aromatic carbocycles. The van der Waals surface area contributed by atoms with Crippen molar-refractivity contribution in [2.24, 2.45) is 0 Å². The Morgan fingerprint density at radius 3 is 3.06 bits per heavy atom. The van der Waals surface area contributed by atoms with Crippen molar-refractivity contribution < 1.29 is 0 Å². The van der Waals surface area contributed by atoms with E-state index in [0.29, 0.717) is 12.1 Å². The lowest BCUT2D eigenvalue weighted by molar-refractivity contribution is 0.430. The molecule has 1 aromatic heterocycles. The van der Waals surface area contributed by atoms with Gasteiger partial charge in [-0.15, -0.1) is 0 Å². The van der Waals surface area contributed by atoms with Crippen molar-refractivity contribution in [3.8, 4) is 0 Å². The molecule has 1 unspecified atom stereocenters. The van der Waals surface area contributed by atoms with Crippen LogP contribution in [0, 0.1) is 0 Å². The quantitative estimate of drug-likeness (QED) is 0.772. The van der Waals surface area contributed by atoms with Crippen LogP contribution in [-0.2, 0) is 0 Å². The van der Waals surface area contributed by atoms with Crippen molar-refractivity contribution in [1.82, 2.24) is 14.9 Å². The van der Waals surface area contributed by atoms with Crippen molar-refractivity contribution in [2.75, 3.05) is 6.54 Å². The van der Waals surface area contributed by atoms with Crippen LogP contribution in [0.5, 0.6) is 0 Å². The largest absolute Gasteiger partial charge is 0.330 e. The van der Waals surface area contributed by atoms with Gasteiger partial charge in [-0.05, 0) is 38.6 Å². The van der Waals surface area contributed by atoms with Gasteiger partial charge < -0.3 is 9.88 Å². The minimum absolute atomic E-state index is 0.536. The number of hydrogen-bond donors (Lipinski definition) is 1. The Morgan fingerprint density at radius 2 is 2.31 bits per heavy atom. The van der Waals surface area contributed by atoms with E-state index < -0.39 is 0 Å². The summed E-state index contributed by atoms with van der Waals surface area (Å²) in [5, 5.41) is 3.56. The average molecular weight is 217 g/mol. The predicted octanol–water partition coefficient (Wildman–Crippen LogP) is 2.59. The first-order valence-electron chi connectivity index (χ1n) is 6.35. The monoisotopic (exact) mass is 217 g/mol. The second-order valence-electron chi connectivity index (χ2n) is 4.81. The van der Waals surface area contributed by atoms with E-state index >= 15 is 0 Å². The van der Waals surface area contributed by atoms with Crippen LogP contribution in [0.2, 0.25) is 0 Å². The first kappa shape index (κ1) is 10.1. The first-order chi connectivity index (χ1) is 7.95. The summed E-state index contributed by atoms with van der Waals surface area (Å²) in [5.74, 6) is 0. The Hall–Kier alpha value is -1.09. The van der Waals surface area contributed by atoms with Crippen molar-refractivity contribution in [3.05, 3.63) is 30.4 Å². The highest BCUT2D eigenvalue weighted by atomic mass is 15.1. The lowest BCUT2D eigenvalue weighted by Gasteiger charge is -2.23. The number of allylic oxidation sites excluding steroid dienone is 2. The summed E-state index contributed by atoms with van der Waals surface area (Å²) in [4.78, 5) is 4.34.